The Balaban J connectivity index is 1.79. The van der Waals surface area contributed by atoms with Crippen LogP contribution in [0, 0.1) is 6.92 Å². The van der Waals surface area contributed by atoms with Gasteiger partial charge >= 0.3 is 0 Å². The Morgan fingerprint density at radius 2 is 2.21 bits per heavy atom. The van der Waals surface area contributed by atoms with Crippen molar-refractivity contribution in [3.05, 3.63) is 34.9 Å². The number of hydrogen-bond donors (Lipinski definition) is 2. The van der Waals surface area contributed by atoms with E-state index in [2.05, 4.69) is 49.6 Å². The van der Waals surface area contributed by atoms with E-state index in [4.69, 9.17) is 0 Å². The summed E-state index contributed by atoms with van der Waals surface area (Å²) in [4.78, 5) is 0. The van der Waals surface area contributed by atoms with Gasteiger partial charge in [-0.3, -0.25) is 0 Å². The van der Waals surface area contributed by atoms with Gasteiger partial charge in [0.15, 0.2) is 0 Å². The van der Waals surface area contributed by atoms with E-state index in [0.29, 0.717) is 5.92 Å². The molecule has 1 atom stereocenters. The molecule has 1 aliphatic rings. The van der Waals surface area contributed by atoms with Crippen molar-refractivity contribution in [2.24, 2.45) is 0 Å². The molecule has 1 fully saturated rings. The second-order valence-electron chi connectivity index (χ2n) is 6.10. The molecule has 1 aromatic carbocycles. The fraction of sp³-hybridized carbons (Fsp3) is 0.647. The summed E-state index contributed by atoms with van der Waals surface area (Å²) in [6, 6.07) is 7.62. The largest absolute Gasteiger partial charge is 0.314 e. The quantitative estimate of drug-likeness (QED) is 0.767. The number of hydrogen-bond acceptors (Lipinski definition) is 2. The van der Waals surface area contributed by atoms with Crippen LogP contribution in [0.5, 0.6) is 0 Å². The van der Waals surface area contributed by atoms with E-state index < -0.39 is 0 Å². The molecule has 1 aliphatic heterocycles. The Bertz CT molecular complexity index is 392. The summed E-state index contributed by atoms with van der Waals surface area (Å²) in [6.07, 6.45) is 3.95. The van der Waals surface area contributed by atoms with E-state index >= 15 is 0 Å². The predicted molar refractivity (Wildman–Crippen MR) is 82.6 cm³/mol. The van der Waals surface area contributed by atoms with Crippen LogP contribution in [-0.2, 0) is 6.54 Å². The van der Waals surface area contributed by atoms with Gasteiger partial charge in [-0.2, -0.15) is 0 Å². The summed E-state index contributed by atoms with van der Waals surface area (Å²) in [5.74, 6) is 0.613. The highest BCUT2D eigenvalue weighted by atomic mass is 14.9. The molecule has 2 heteroatoms. The summed E-state index contributed by atoms with van der Waals surface area (Å²) in [5, 5.41) is 7.15. The molecule has 0 bridgehead atoms. The van der Waals surface area contributed by atoms with Gasteiger partial charge in [-0.25, -0.2) is 0 Å². The van der Waals surface area contributed by atoms with E-state index in [1.807, 2.05) is 0 Å². The first kappa shape index (κ1) is 14.5. The molecular formula is C17H28N2. The van der Waals surface area contributed by atoms with Gasteiger partial charge in [-0.15, -0.1) is 0 Å². The SMILES string of the molecule is Cc1ccc(C(C)C)cc1CNCCC1CCCN1. The van der Waals surface area contributed by atoms with Crippen LogP contribution >= 0.6 is 0 Å². The van der Waals surface area contributed by atoms with Gasteiger partial charge in [0.1, 0.15) is 0 Å². The minimum Gasteiger partial charge on any atom is -0.314 e. The Hall–Kier alpha value is -0.860. The van der Waals surface area contributed by atoms with Crippen molar-refractivity contribution in [2.45, 2.75) is 58.5 Å². The monoisotopic (exact) mass is 260 g/mol. The van der Waals surface area contributed by atoms with Crippen LogP contribution in [0.4, 0.5) is 0 Å². The highest BCUT2D eigenvalue weighted by Crippen LogP contribution is 2.18. The smallest absolute Gasteiger partial charge is 0.0208 e. The first-order valence-corrected chi connectivity index (χ1v) is 7.70. The molecule has 0 aliphatic carbocycles. The van der Waals surface area contributed by atoms with Crippen LogP contribution in [0.15, 0.2) is 18.2 Å². The molecule has 0 spiro atoms. The lowest BCUT2D eigenvalue weighted by molar-refractivity contribution is 0.523. The van der Waals surface area contributed by atoms with Crippen molar-refractivity contribution in [2.75, 3.05) is 13.1 Å². The first-order chi connectivity index (χ1) is 9.16. The van der Waals surface area contributed by atoms with Gasteiger partial charge < -0.3 is 10.6 Å². The van der Waals surface area contributed by atoms with E-state index in [1.54, 1.807) is 0 Å². The Labute approximate surface area is 118 Å². The lowest BCUT2D eigenvalue weighted by atomic mass is 9.98. The second kappa shape index (κ2) is 7.06. The molecule has 2 nitrogen and oxygen atoms in total. The summed E-state index contributed by atoms with van der Waals surface area (Å²) < 4.78 is 0. The van der Waals surface area contributed by atoms with Gasteiger partial charge in [0.05, 0.1) is 0 Å². The topological polar surface area (TPSA) is 24.1 Å². The third kappa shape index (κ3) is 4.32. The van der Waals surface area contributed by atoms with Crippen molar-refractivity contribution < 1.29 is 0 Å². The van der Waals surface area contributed by atoms with E-state index in [0.717, 1.165) is 19.1 Å². The molecule has 1 saturated heterocycles. The highest BCUT2D eigenvalue weighted by Gasteiger charge is 2.12. The minimum atomic E-state index is 0.613. The van der Waals surface area contributed by atoms with Crippen LogP contribution in [-0.4, -0.2) is 19.1 Å². The summed E-state index contributed by atoms with van der Waals surface area (Å²) in [5.41, 5.74) is 4.29. The molecule has 0 saturated carbocycles. The van der Waals surface area contributed by atoms with Gasteiger partial charge in [-0.05, 0) is 61.9 Å². The summed E-state index contributed by atoms with van der Waals surface area (Å²) in [6.45, 7) is 10.0. The average molecular weight is 260 g/mol. The zero-order chi connectivity index (χ0) is 13.7. The molecule has 0 radical (unpaired) electrons. The van der Waals surface area contributed by atoms with Crippen molar-refractivity contribution in [1.29, 1.82) is 0 Å². The van der Waals surface area contributed by atoms with Gasteiger partial charge in [0, 0.05) is 12.6 Å². The second-order valence-corrected chi connectivity index (χ2v) is 6.10. The van der Waals surface area contributed by atoms with Crippen molar-refractivity contribution in [1.82, 2.24) is 10.6 Å². The zero-order valence-corrected chi connectivity index (χ0v) is 12.6. The molecule has 1 aromatic rings. The van der Waals surface area contributed by atoms with Crippen LogP contribution in [0.2, 0.25) is 0 Å². The van der Waals surface area contributed by atoms with Crippen molar-refractivity contribution >= 4 is 0 Å². The van der Waals surface area contributed by atoms with E-state index in [9.17, 15) is 0 Å². The van der Waals surface area contributed by atoms with E-state index in [1.165, 1.54) is 42.5 Å². The maximum absolute atomic E-state index is 3.60. The van der Waals surface area contributed by atoms with Gasteiger partial charge in [-0.1, -0.05) is 32.0 Å². The fourth-order valence-corrected chi connectivity index (χ4v) is 2.74. The molecule has 1 heterocycles. The number of rotatable bonds is 6. The minimum absolute atomic E-state index is 0.613. The molecule has 2 rings (SSSR count). The van der Waals surface area contributed by atoms with Gasteiger partial charge in [0.2, 0.25) is 0 Å². The highest BCUT2D eigenvalue weighted by molar-refractivity contribution is 5.32. The number of aryl methyl sites for hydroxylation is 1. The van der Waals surface area contributed by atoms with E-state index in [-0.39, 0.29) is 0 Å². The lowest BCUT2D eigenvalue weighted by Gasteiger charge is -2.14. The fourth-order valence-electron chi connectivity index (χ4n) is 2.74. The molecule has 2 N–H and O–H groups in total. The molecule has 0 amide bonds. The van der Waals surface area contributed by atoms with Crippen LogP contribution in [0.25, 0.3) is 0 Å². The standard InChI is InChI=1S/C17H28N2/c1-13(2)15-7-6-14(3)16(11-15)12-18-10-8-17-5-4-9-19-17/h6-7,11,13,17-19H,4-5,8-10,12H2,1-3H3. The third-order valence-electron chi connectivity index (χ3n) is 4.19. The third-order valence-corrected chi connectivity index (χ3v) is 4.19. The molecular weight excluding hydrogens is 232 g/mol. The van der Waals surface area contributed by atoms with Crippen LogP contribution < -0.4 is 10.6 Å². The summed E-state index contributed by atoms with van der Waals surface area (Å²) >= 11 is 0. The molecule has 1 unspecified atom stereocenters. The zero-order valence-electron chi connectivity index (χ0n) is 12.6. The maximum atomic E-state index is 3.60. The normalized spacial score (nSPS) is 19.3. The van der Waals surface area contributed by atoms with Crippen molar-refractivity contribution in [3.8, 4) is 0 Å². The Morgan fingerprint density at radius 3 is 2.89 bits per heavy atom. The Morgan fingerprint density at radius 1 is 1.37 bits per heavy atom. The number of benzene rings is 1. The molecule has 0 aromatic heterocycles. The van der Waals surface area contributed by atoms with Gasteiger partial charge in [0.25, 0.3) is 0 Å². The van der Waals surface area contributed by atoms with Crippen LogP contribution in [0.3, 0.4) is 0 Å². The first-order valence-electron chi connectivity index (χ1n) is 7.70. The number of nitrogens with one attached hydrogen (secondary N) is 2. The maximum Gasteiger partial charge on any atom is 0.0208 e. The lowest BCUT2D eigenvalue weighted by Crippen LogP contribution is -2.27. The molecule has 106 valence electrons. The Kier molecular flexibility index (Phi) is 5.41. The average Bonchev–Trinajstić information content (AvgIpc) is 2.89. The van der Waals surface area contributed by atoms with Crippen molar-refractivity contribution in [3.63, 3.8) is 0 Å². The molecule has 19 heavy (non-hydrogen) atoms. The van der Waals surface area contributed by atoms with Crippen LogP contribution in [0.1, 0.15) is 55.7 Å². The predicted octanol–water partition coefficient (Wildman–Crippen LogP) is 3.35. The summed E-state index contributed by atoms with van der Waals surface area (Å²) in [7, 11) is 0.